The second-order valence-corrected chi connectivity index (χ2v) is 7.40. The van der Waals surface area contributed by atoms with Crippen molar-refractivity contribution in [3.63, 3.8) is 0 Å². The van der Waals surface area contributed by atoms with Gasteiger partial charge in [0.05, 0.1) is 17.5 Å². The molecular weight excluding hydrogens is 359 g/mol. The van der Waals surface area contributed by atoms with Crippen LogP contribution >= 0.6 is 0 Å². The van der Waals surface area contributed by atoms with E-state index in [-0.39, 0.29) is 17.6 Å². The van der Waals surface area contributed by atoms with Crippen molar-refractivity contribution < 1.29 is 14.0 Å². The Hall–Kier alpha value is -3.48. The van der Waals surface area contributed by atoms with Crippen molar-refractivity contribution in [3.05, 3.63) is 66.1 Å². The summed E-state index contributed by atoms with van der Waals surface area (Å²) in [4.78, 5) is 24.6. The summed E-state index contributed by atoms with van der Waals surface area (Å²) in [5, 5.41) is 12.3. The van der Waals surface area contributed by atoms with Gasteiger partial charge in [-0.3, -0.25) is 14.7 Å². The third kappa shape index (κ3) is 4.43. The van der Waals surface area contributed by atoms with Crippen LogP contribution in [0.25, 0.3) is 11.3 Å². The number of aromatic nitrogens is 2. The molecule has 3 aromatic rings. The number of nitrogens with one attached hydrogen (secondary N) is 3. The molecule has 0 radical (unpaired) electrons. The molecule has 144 valence electrons. The number of hydrogen-bond acceptors (Lipinski definition) is 3. The van der Waals surface area contributed by atoms with Gasteiger partial charge in [0.15, 0.2) is 0 Å². The molecule has 2 amide bonds. The van der Waals surface area contributed by atoms with Gasteiger partial charge in [0, 0.05) is 22.4 Å². The quantitative estimate of drug-likeness (QED) is 0.625. The van der Waals surface area contributed by atoms with Gasteiger partial charge in [-0.2, -0.15) is 5.10 Å². The minimum absolute atomic E-state index is 0.0911. The Balaban J connectivity index is 1.71. The van der Waals surface area contributed by atoms with Crippen molar-refractivity contribution in [1.82, 2.24) is 10.2 Å². The monoisotopic (exact) mass is 380 g/mol. The van der Waals surface area contributed by atoms with Crippen LogP contribution in [0.4, 0.5) is 15.8 Å². The molecule has 0 bridgehead atoms. The molecule has 0 unspecified atom stereocenters. The molecule has 0 saturated heterocycles. The first-order valence-electron chi connectivity index (χ1n) is 8.76. The molecule has 6 nitrogen and oxygen atoms in total. The molecule has 0 aliphatic carbocycles. The molecule has 0 spiro atoms. The Morgan fingerprint density at radius 2 is 1.50 bits per heavy atom. The van der Waals surface area contributed by atoms with Crippen molar-refractivity contribution in [2.24, 2.45) is 5.41 Å². The number of H-pyrrole nitrogens is 1. The number of amides is 2. The maximum atomic E-state index is 13.1. The van der Waals surface area contributed by atoms with E-state index in [1.54, 1.807) is 36.4 Å². The molecule has 0 atom stereocenters. The number of nitrogens with zero attached hydrogens (tertiary/aromatic N) is 1. The fourth-order valence-corrected chi connectivity index (χ4v) is 2.45. The number of aromatic amines is 1. The fourth-order valence-electron chi connectivity index (χ4n) is 2.45. The van der Waals surface area contributed by atoms with Gasteiger partial charge in [-0.15, -0.1) is 0 Å². The smallest absolute Gasteiger partial charge is 0.259 e. The minimum atomic E-state index is -0.495. The molecule has 1 heterocycles. The summed E-state index contributed by atoms with van der Waals surface area (Å²) in [5.41, 5.74) is 2.23. The van der Waals surface area contributed by atoms with Gasteiger partial charge >= 0.3 is 0 Å². The highest BCUT2D eigenvalue weighted by Crippen LogP contribution is 2.23. The molecule has 0 saturated carbocycles. The number of rotatable bonds is 4. The van der Waals surface area contributed by atoms with Crippen LogP contribution in [0.15, 0.2) is 54.7 Å². The Kier molecular flexibility index (Phi) is 5.26. The second kappa shape index (κ2) is 7.64. The first kappa shape index (κ1) is 19.3. The van der Waals surface area contributed by atoms with Crippen LogP contribution in [0.5, 0.6) is 0 Å². The molecule has 3 N–H and O–H groups in total. The van der Waals surface area contributed by atoms with Crippen molar-refractivity contribution in [2.75, 3.05) is 10.6 Å². The number of benzene rings is 2. The topological polar surface area (TPSA) is 86.9 Å². The van der Waals surface area contributed by atoms with Crippen LogP contribution in [0, 0.1) is 11.2 Å². The predicted octanol–water partition coefficient (Wildman–Crippen LogP) is 4.45. The highest BCUT2D eigenvalue weighted by molar-refractivity contribution is 6.08. The van der Waals surface area contributed by atoms with Crippen LogP contribution in [-0.2, 0) is 4.79 Å². The van der Waals surface area contributed by atoms with Gasteiger partial charge in [0.25, 0.3) is 5.91 Å². The zero-order chi connectivity index (χ0) is 20.3. The van der Waals surface area contributed by atoms with E-state index in [1.165, 1.54) is 18.3 Å². The number of halogens is 1. The van der Waals surface area contributed by atoms with Crippen LogP contribution in [0.3, 0.4) is 0 Å². The van der Waals surface area contributed by atoms with Crippen LogP contribution < -0.4 is 10.6 Å². The molecule has 0 fully saturated rings. The lowest BCUT2D eigenvalue weighted by molar-refractivity contribution is -0.123. The summed E-state index contributed by atoms with van der Waals surface area (Å²) in [6.45, 7) is 5.50. The van der Waals surface area contributed by atoms with Gasteiger partial charge in [0.2, 0.25) is 5.91 Å². The number of carbonyl (C=O) groups excluding carboxylic acids is 2. The van der Waals surface area contributed by atoms with Gasteiger partial charge in [-0.25, -0.2) is 4.39 Å². The molecule has 3 rings (SSSR count). The Labute approximate surface area is 162 Å². The first-order valence-corrected chi connectivity index (χ1v) is 8.76. The van der Waals surface area contributed by atoms with Crippen LogP contribution in [0.1, 0.15) is 31.1 Å². The summed E-state index contributed by atoms with van der Waals surface area (Å²) in [6, 6.07) is 12.6. The fraction of sp³-hybridized carbons (Fsp3) is 0.190. The van der Waals surface area contributed by atoms with E-state index < -0.39 is 5.41 Å². The lowest BCUT2D eigenvalue weighted by Crippen LogP contribution is -2.27. The number of carbonyl (C=O) groups is 2. The average molecular weight is 380 g/mol. The lowest BCUT2D eigenvalue weighted by atomic mass is 9.95. The second-order valence-electron chi connectivity index (χ2n) is 7.40. The number of anilines is 2. The molecule has 28 heavy (non-hydrogen) atoms. The first-order chi connectivity index (χ1) is 13.2. The predicted molar refractivity (Wildman–Crippen MR) is 106 cm³/mol. The Morgan fingerprint density at radius 1 is 0.929 bits per heavy atom. The molecule has 7 heteroatoms. The van der Waals surface area contributed by atoms with E-state index in [2.05, 4.69) is 20.8 Å². The maximum absolute atomic E-state index is 13.1. The summed E-state index contributed by atoms with van der Waals surface area (Å²) in [7, 11) is 0. The normalized spacial score (nSPS) is 11.1. The van der Waals surface area contributed by atoms with Crippen LogP contribution in [0.2, 0.25) is 0 Å². The highest BCUT2D eigenvalue weighted by Gasteiger charge is 2.21. The summed E-state index contributed by atoms with van der Waals surface area (Å²) in [5.74, 6) is -0.793. The molecule has 0 aliphatic heterocycles. The number of hydrogen-bond donors (Lipinski definition) is 3. The molecular formula is C21H21FN4O2. The molecule has 1 aromatic heterocycles. The lowest BCUT2D eigenvalue weighted by Gasteiger charge is -2.17. The molecule has 0 aliphatic rings. The van der Waals surface area contributed by atoms with E-state index in [0.717, 1.165) is 0 Å². The summed E-state index contributed by atoms with van der Waals surface area (Å²) >= 11 is 0. The van der Waals surface area contributed by atoms with E-state index in [1.807, 2.05) is 20.8 Å². The van der Waals surface area contributed by atoms with Crippen LogP contribution in [-0.4, -0.2) is 22.0 Å². The third-order valence-electron chi connectivity index (χ3n) is 4.10. The Bertz CT molecular complexity index is 986. The summed E-state index contributed by atoms with van der Waals surface area (Å²) in [6.07, 6.45) is 1.42. The van der Waals surface area contributed by atoms with Crippen molar-refractivity contribution in [1.29, 1.82) is 0 Å². The zero-order valence-electron chi connectivity index (χ0n) is 15.8. The highest BCUT2D eigenvalue weighted by atomic mass is 19.1. The van der Waals surface area contributed by atoms with E-state index in [4.69, 9.17) is 0 Å². The maximum Gasteiger partial charge on any atom is 0.259 e. The molecule has 2 aromatic carbocycles. The SMILES string of the molecule is CC(C)(C)C(=O)Nc1ccc(NC(=O)c2cn[nH]c2-c2ccc(F)cc2)cc1. The van der Waals surface area contributed by atoms with E-state index >= 15 is 0 Å². The van der Waals surface area contributed by atoms with Crippen molar-refractivity contribution >= 4 is 23.2 Å². The van der Waals surface area contributed by atoms with Crippen molar-refractivity contribution in [3.8, 4) is 11.3 Å². The largest absolute Gasteiger partial charge is 0.326 e. The standard InChI is InChI=1S/C21H21FN4O2/c1-21(2,3)20(28)25-16-10-8-15(9-11-16)24-19(27)17-12-23-26-18(17)13-4-6-14(22)7-5-13/h4-12H,1-3H3,(H,23,26)(H,24,27)(H,25,28). The van der Waals surface area contributed by atoms with Gasteiger partial charge < -0.3 is 10.6 Å². The summed E-state index contributed by atoms with van der Waals surface area (Å²) < 4.78 is 13.1. The van der Waals surface area contributed by atoms with Crippen molar-refractivity contribution in [2.45, 2.75) is 20.8 Å². The average Bonchev–Trinajstić information content (AvgIpc) is 3.13. The van der Waals surface area contributed by atoms with Gasteiger partial charge in [-0.1, -0.05) is 20.8 Å². The third-order valence-corrected chi connectivity index (χ3v) is 4.10. The Morgan fingerprint density at radius 3 is 2.07 bits per heavy atom. The van der Waals surface area contributed by atoms with Gasteiger partial charge in [0.1, 0.15) is 5.82 Å². The minimum Gasteiger partial charge on any atom is -0.326 e. The van der Waals surface area contributed by atoms with Gasteiger partial charge in [-0.05, 0) is 48.5 Å². The van der Waals surface area contributed by atoms with E-state index in [0.29, 0.717) is 28.2 Å². The zero-order valence-corrected chi connectivity index (χ0v) is 15.8. The van der Waals surface area contributed by atoms with E-state index in [9.17, 15) is 14.0 Å².